The number of rotatable bonds is 7. The third kappa shape index (κ3) is 5.38. The molecule has 0 saturated heterocycles. The Kier molecular flexibility index (Phi) is 7.33. The first-order valence-electron chi connectivity index (χ1n) is 7.70. The van der Waals surface area contributed by atoms with Crippen LogP contribution in [-0.2, 0) is 4.79 Å². The number of amides is 1. The molecular weight excluding hydrogens is 224 g/mol. The molecule has 3 N–H and O–H groups in total. The molecule has 0 radical (unpaired) electrons. The van der Waals surface area contributed by atoms with Gasteiger partial charge in [0.05, 0.1) is 0 Å². The number of unbranched alkanes of at least 4 members (excludes halogenated alkanes) is 1. The lowest BCUT2D eigenvalue weighted by molar-refractivity contribution is -0.125. The molecule has 1 fully saturated rings. The zero-order valence-electron chi connectivity index (χ0n) is 12.1. The van der Waals surface area contributed by atoms with E-state index in [1.54, 1.807) is 0 Å². The molecule has 0 aliphatic heterocycles. The lowest BCUT2D eigenvalue weighted by atomic mass is 9.86. The largest absolute Gasteiger partial charge is 0.356 e. The highest BCUT2D eigenvalue weighted by molar-refractivity contribution is 5.78. The van der Waals surface area contributed by atoms with Crippen molar-refractivity contribution in [3.05, 3.63) is 0 Å². The van der Waals surface area contributed by atoms with Gasteiger partial charge in [0, 0.05) is 18.5 Å². The van der Waals surface area contributed by atoms with Crippen molar-refractivity contribution in [1.82, 2.24) is 5.32 Å². The van der Waals surface area contributed by atoms with Crippen molar-refractivity contribution >= 4 is 5.91 Å². The van der Waals surface area contributed by atoms with E-state index in [-0.39, 0.29) is 11.8 Å². The first-order valence-corrected chi connectivity index (χ1v) is 7.70. The fraction of sp³-hybridized carbons (Fsp3) is 0.933. The minimum Gasteiger partial charge on any atom is -0.356 e. The summed E-state index contributed by atoms with van der Waals surface area (Å²) in [5.41, 5.74) is 5.97. The molecule has 1 saturated carbocycles. The van der Waals surface area contributed by atoms with Gasteiger partial charge in [0.25, 0.3) is 0 Å². The minimum atomic E-state index is 0.210. The Morgan fingerprint density at radius 1 is 1.39 bits per heavy atom. The van der Waals surface area contributed by atoms with Gasteiger partial charge in [-0.1, -0.05) is 33.1 Å². The topological polar surface area (TPSA) is 55.1 Å². The molecule has 3 atom stereocenters. The average molecular weight is 254 g/mol. The Bertz CT molecular complexity index is 243. The number of hydrogen-bond donors (Lipinski definition) is 2. The molecule has 1 amide bonds. The van der Waals surface area contributed by atoms with Gasteiger partial charge in [0.15, 0.2) is 0 Å². The first-order chi connectivity index (χ1) is 8.67. The van der Waals surface area contributed by atoms with Gasteiger partial charge in [-0.2, -0.15) is 0 Å². The van der Waals surface area contributed by atoms with Crippen molar-refractivity contribution in [3.63, 3.8) is 0 Å². The molecule has 0 bridgehead atoms. The van der Waals surface area contributed by atoms with Crippen molar-refractivity contribution < 1.29 is 4.79 Å². The van der Waals surface area contributed by atoms with E-state index < -0.39 is 0 Å². The Balaban J connectivity index is 2.25. The molecule has 0 heterocycles. The van der Waals surface area contributed by atoms with E-state index in [2.05, 4.69) is 19.2 Å². The molecule has 1 aliphatic carbocycles. The first kappa shape index (κ1) is 15.5. The lowest BCUT2D eigenvalue weighted by Crippen LogP contribution is -2.38. The number of carbonyl (C=O) groups is 1. The standard InChI is InChI=1S/C15H30N2O/c1-3-5-8-13(4-2)15(18)17-11-12-7-6-9-14(16)10-12/h12-14H,3-11,16H2,1-2H3,(H,17,18). The van der Waals surface area contributed by atoms with Crippen LogP contribution in [0, 0.1) is 11.8 Å². The smallest absolute Gasteiger partial charge is 0.223 e. The van der Waals surface area contributed by atoms with Gasteiger partial charge in [-0.05, 0) is 38.0 Å². The van der Waals surface area contributed by atoms with Crippen LogP contribution in [0.25, 0.3) is 0 Å². The maximum Gasteiger partial charge on any atom is 0.223 e. The van der Waals surface area contributed by atoms with Gasteiger partial charge in [-0.3, -0.25) is 4.79 Å². The van der Waals surface area contributed by atoms with E-state index in [1.165, 1.54) is 19.3 Å². The second-order valence-electron chi connectivity index (χ2n) is 5.79. The van der Waals surface area contributed by atoms with E-state index in [1.807, 2.05) is 0 Å². The molecule has 0 aromatic rings. The van der Waals surface area contributed by atoms with Crippen LogP contribution in [0.15, 0.2) is 0 Å². The summed E-state index contributed by atoms with van der Waals surface area (Å²) >= 11 is 0. The molecule has 3 heteroatoms. The summed E-state index contributed by atoms with van der Waals surface area (Å²) in [5, 5.41) is 3.14. The summed E-state index contributed by atoms with van der Waals surface area (Å²) in [6.07, 6.45) is 8.97. The monoisotopic (exact) mass is 254 g/mol. The van der Waals surface area contributed by atoms with Crippen LogP contribution < -0.4 is 11.1 Å². The molecule has 18 heavy (non-hydrogen) atoms. The summed E-state index contributed by atoms with van der Waals surface area (Å²) in [6.45, 7) is 5.11. The van der Waals surface area contributed by atoms with Crippen molar-refractivity contribution in [1.29, 1.82) is 0 Å². The Hall–Kier alpha value is -0.570. The summed E-state index contributed by atoms with van der Waals surface area (Å²) in [6, 6.07) is 0.350. The predicted octanol–water partition coefficient (Wildman–Crippen LogP) is 2.84. The van der Waals surface area contributed by atoms with E-state index in [0.717, 1.165) is 38.6 Å². The van der Waals surface area contributed by atoms with Gasteiger partial charge >= 0.3 is 0 Å². The Morgan fingerprint density at radius 2 is 2.17 bits per heavy atom. The summed E-state index contributed by atoms with van der Waals surface area (Å²) in [4.78, 5) is 12.1. The molecule has 1 rings (SSSR count). The summed E-state index contributed by atoms with van der Waals surface area (Å²) in [5.74, 6) is 1.06. The van der Waals surface area contributed by atoms with Gasteiger partial charge < -0.3 is 11.1 Å². The van der Waals surface area contributed by atoms with Crippen LogP contribution in [0.4, 0.5) is 0 Å². The number of hydrogen-bond acceptors (Lipinski definition) is 2. The van der Waals surface area contributed by atoms with E-state index >= 15 is 0 Å². The van der Waals surface area contributed by atoms with Gasteiger partial charge in [-0.15, -0.1) is 0 Å². The molecule has 0 aromatic carbocycles. The second kappa shape index (κ2) is 8.52. The summed E-state index contributed by atoms with van der Waals surface area (Å²) in [7, 11) is 0. The molecule has 0 aromatic heterocycles. The minimum absolute atomic E-state index is 0.210. The van der Waals surface area contributed by atoms with Crippen LogP contribution >= 0.6 is 0 Å². The van der Waals surface area contributed by atoms with Crippen molar-refractivity contribution in [3.8, 4) is 0 Å². The Morgan fingerprint density at radius 3 is 2.78 bits per heavy atom. The zero-order chi connectivity index (χ0) is 13.4. The fourth-order valence-corrected chi connectivity index (χ4v) is 2.88. The molecule has 1 aliphatic rings. The van der Waals surface area contributed by atoms with Crippen LogP contribution in [-0.4, -0.2) is 18.5 Å². The quantitative estimate of drug-likeness (QED) is 0.734. The average Bonchev–Trinajstić information content (AvgIpc) is 2.37. The third-order valence-electron chi connectivity index (χ3n) is 4.16. The van der Waals surface area contributed by atoms with Crippen LogP contribution in [0.5, 0.6) is 0 Å². The summed E-state index contributed by atoms with van der Waals surface area (Å²) < 4.78 is 0. The maximum absolute atomic E-state index is 12.1. The van der Waals surface area contributed by atoms with Crippen LogP contribution in [0.3, 0.4) is 0 Å². The van der Waals surface area contributed by atoms with Crippen molar-refractivity contribution in [2.45, 2.75) is 71.3 Å². The van der Waals surface area contributed by atoms with Gasteiger partial charge in [-0.25, -0.2) is 0 Å². The molecular formula is C15H30N2O. The SMILES string of the molecule is CCCCC(CC)C(=O)NCC1CCCC(N)C1. The third-order valence-corrected chi connectivity index (χ3v) is 4.16. The van der Waals surface area contributed by atoms with Crippen molar-refractivity contribution in [2.24, 2.45) is 17.6 Å². The predicted molar refractivity (Wildman–Crippen MR) is 76.2 cm³/mol. The van der Waals surface area contributed by atoms with E-state index in [9.17, 15) is 4.79 Å². The number of carbonyl (C=O) groups excluding carboxylic acids is 1. The van der Waals surface area contributed by atoms with E-state index in [0.29, 0.717) is 12.0 Å². The maximum atomic E-state index is 12.1. The van der Waals surface area contributed by atoms with Crippen LogP contribution in [0.1, 0.15) is 65.2 Å². The van der Waals surface area contributed by atoms with Gasteiger partial charge in [0.1, 0.15) is 0 Å². The zero-order valence-corrected chi connectivity index (χ0v) is 12.1. The molecule has 106 valence electrons. The second-order valence-corrected chi connectivity index (χ2v) is 5.79. The lowest BCUT2D eigenvalue weighted by Gasteiger charge is -2.27. The molecule has 0 spiro atoms. The molecule has 3 nitrogen and oxygen atoms in total. The molecule has 3 unspecified atom stereocenters. The number of nitrogens with two attached hydrogens (primary N) is 1. The van der Waals surface area contributed by atoms with Gasteiger partial charge in [0.2, 0.25) is 5.91 Å². The number of nitrogens with one attached hydrogen (secondary N) is 1. The van der Waals surface area contributed by atoms with Crippen molar-refractivity contribution in [2.75, 3.05) is 6.54 Å². The highest BCUT2D eigenvalue weighted by atomic mass is 16.1. The van der Waals surface area contributed by atoms with Crippen LogP contribution in [0.2, 0.25) is 0 Å². The normalized spacial score (nSPS) is 25.7. The fourth-order valence-electron chi connectivity index (χ4n) is 2.88. The highest BCUT2D eigenvalue weighted by Gasteiger charge is 2.21. The Labute approximate surface area is 112 Å². The van der Waals surface area contributed by atoms with E-state index in [4.69, 9.17) is 5.73 Å². The highest BCUT2D eigenvalue weighted by Crippen LogP contribution is 2.22.